The first-order valence-electron chi connectivity index (χ1n) is 11.1. The summed E-state index contributed by atoms with van der Waals surface area (Å²) in [5.41, 5.74) is 1.83. The Bertz CT molecular complexity index is 1040. The predicted molar refractivity (Wildman–Crippen MR) is 117 cm³/mol. The molecule has 3 aliphatic rings. The zero-order valence-corrected chi connectivity index (χ0v) is 17.9. The number of carbonyl (C=O) groups excluding carboxylic acids is 2. The molecule has 32 heavy (non-hydrogen) atoms. The highest BCUT2D eigenvalue weighted by molar-refractivity contribution is 5.95. The van der Waals surface area contributed by atoms with E-state index < -0.39 is 0 Å². The van der Waals surface area contributed by atoms with E-state index in [4.69, 9.17) is 10.00 Å². The number of nitriles is 1. The van der Waals surface area contributed by atoms with Gasteiger partial charge in [0.2, 0.25) is 5.91 Å². The predicted octanol–water partition coefficient (Wildman–Crippen LogP) is 2.23. The lowest BCUT2D eigenvalue weighted by Gasteiger charge is -2.49. The maximum absolute atomic E-state index is 13.7. The Balaban J connectivity index is 1.40. The Morgan fingerprint density at radius 2 is 1.78 bits per heavy atom. The largest absolute Gasteiger partial charge is 0.381 e. The van der Waals surface area contributed by atoms with E-state index in [-0.39, 0.29) is 23.5 Å². The van der Waals surface area contributed by atoms with Crippen LogP contribution in [0.3, 0.4) is 0 Å². The van der Waals surface area contributed by atoms with E-state index in [2.05, 4.69) is 23.1 Å². The van der Waals surface area contributed by atoms with Crippen molar-refractivity contribution in [2.45, 2.75) is 31.1 Å². The lowest BCUT2D eigenvalue weighted by Crippen LogP contribution is -2.62. The van der Waals surface area contributed by atoms with Gasteiger partial charge in [-0.05, 0) is 29.8 Å². The van der Waals surface area contributed by atoms with Crippen LogP contribution in [0.15, 0.2) is 54.6 Å². The maximum atomic E-state index is 13.7. The van der Waals surface area contributed by atoms with E-state index in [1.54, 1.807) is 29.2 Å². The van der Waals surface area contributed by atoms with Crippen molar-refractivity contribution in [3.8, 4) is 6.07 Å². The van der Waals surface area contributed by atoms with E-state index in [1.165, 1.54) is 0 Å². The third-order valence-corrected chi connectivity index (χ3v) is 6.99. The highest BCUT2D eigenvalue weighted by Gasteiger charge is 2.58. The van der Waals surface area contributed by atoms with E-state index in [9.17, 15) is 9.59 Å². The summed E-state index contributed by atoms with van der Waals surface area (Å²) in [6, 6.07) is 18.5. The third kappa shape index (κ3) is 3.46. The number of hydrogen-bond donors (Lipinski definition) is 0. The molecule has 1 spiro atoms. The molecule has 2 aromatic rings. The number of hydrogen-bond acceptors (Lipinski definition) is 5. The minimum absolute atomic E-state index is 0.0908. The highest BCUT2D eigenvalue weighted by Crippen LogP contribution is 2.42. The number of ether oxygens (including phenoxy) is 1. The van der Waals surface area contributed by atoms with Gasteiger partial charge in [-0.2, -0.15) is 5.26 Å². The Hall–Kier alpha value is -3.21. The van der Waals surface area contributed by atoms with E-state index in [1.807, 2.05) is 23.1 Å². The molecule has 7 nitrogen and oxygen atoms in total. The molecule has 2 aromatic carbocycles. The molecular formula is C25H26N4O3. The van der Waals surface area contributed by atoms with Crippen molar-refractivity contribution in [2.24, 2.45) is 0 Å². The minimum atomic E-state index is -0.348. The summed E-state index contributed by atoms with van der Waals surface area (Å²) in [6.07, 6.45) is 1.57. The topological polar surface area (TPSA) is 76.9 Å². The van der Waals surface area contributed by atoms with Crippen LogP contribution >= 0.6 is 0 Å². The Morgan fingerprint density at radius 1 is 1.06 bits per heavy atom. The molecule has 0 radical (unpaired) electrons. The molecule has 5 rings (SSSR count). The van der Waals surface area contributed by atoms with Gasteiger partial charge in [-0.15, -0.1) is 0 Å². The van der Waals surface area contributed by atoms with Crippen molar-refractivity contribution in [3.05, 3.63) is 71.3 Å². The molecule has 164 valence electrons. The molecule has 3 aliphatic heterocycles. The molecule has 0 aromatic heterocycles. The Morgan fingerprint density at radius 3 is 2.47 bits per heavy atom. The maximum Gasteiger partial charge on any atom is 0.253 e. The summed E-state index contributed by atoms with van der Waals surface area (Å²) in [7, 11) is 0. The number of fused-ring (bicyclic) bond motifs is 2. The van der Waals surface area contributed by atoms with Gasteiger partial charge in [0.1, 0.15) is 11.7 Å². The van der Waals surface area contributed by atoms with Crippen molar-refractivity contribution in [2.75, 3.05) is 32.8 Å². The number of benzene rings is 2. The lowest BCUT2D eigenvalue weighted by molar-refractivity contribution is -0.137. The van der Waals surface area contributed by atoms with E-state index in [0.717, 1.165) is 18.4 Å². The van der Waals surface area contributed by atoms with Crippen molar-refractivity contribution in [3.63, 3.8) is 0 Å². The van der Waals surface area contributed by atoms with Crippen LogP contribution in [0.1, 0.15) is 34.3 Å². The van der Waals surface area contributed by atoms with Crippen LogP contribution in [0, 0.1) is 11.3 Å². The molecular weight excluding hydrogens is 404 g/mol. The Labute approximate surface area is 187 Å². The first-order chi connectivity index (χ1) is 15.6. The minimum Gasteiger partial charge on any atom is -0.381 e. The number of carbonyl (C=O) groups is 2. The van der Waals surface area contributed by atoms with Gasteiger partial charge in [0.05, 0.1) is 24.8 Å². The van der Waals surface area contributed by atoms with Crippen LogP contribution in [0.2, 0.25) is 0 Å². The standard InChI is InChI=1S/C25H26N4O3/c26-16-19-6-8-21(9-7-19)23(30)27-12-13-28-22(18-27)24(31)29(17-20-4-2-1-3-5-20)25(28)10-14-32-15-11-25/h1-9,22H,10-15,17-18H2/t22-/m1/s1. The van der Waals surface area contributed by atoms with Gasteiger partial charge in [0, 0.05) is 44.6 Å². The molecule has 0 aliphatic carbocycles. The summed E-state index contributed by atoms with van der Waals surface area (Å²) in [6.45, 7) is 3.45. The molecule has 3 saturated heterocycles. The fourth-order valence-corrected chi connectivity index (χ4v) is 5.33. The molecule has 0 saturated carbocycles. The quantitative estimate of drug-likeness (QED) is 0.746. The average Bonchev–Trinajstić information content (AvgIpc) is 3.07. The average molecular weight is 431 g/mol. The van der Waals surface area contributed by atoms with Gasteiger partial charge < -0.3 is 14.5 Å². The number of piperazine rings is 1. The van der Waals surface area contributed by atoms with E-state index >= 15 is 0 Å². The first-order valence-corrected chi connectivity index (χ1v) is 11.1. The lowest BCUT2D eigenvalue weighted by atomic mass is 9.96. The van der Waals surface area contributed by atoms with Gasteiger partial charge >= 0.3 is 0 Å². The Kier molecular flexibility index (Phi) is 5.41. The van der Waals surface area contributed by atoms with Crippen LogP contribution in [-0.4, -0.2) is 71.1 Å². The second kappa shape index (κ2) is 8.38. The van der Waals surface area contributed by atoms with Gasteiger partial charge in [-0.3, -0.25) is 14.5 Å². The third-order valence-electron chi connectivity index (χ3n) is 6.99. The molecule has 0 unspecified atom stereocenters. The zero-order chi connectivity index (χ0) is 22.1. The van der Waals surface area contributed by atoms with Crippen LogP contribution in [0.4, 0.5) is 0 Å². The second-order valence-electron chi connectivity index (χ2n) is 8.65. The number of amides is 2. The summed E-state index contributed by atoms with van der Waals surface area (Å²) < 4.78 is 5.65. The van der Waals surface area contributed by atoms with Crippen LogP contribution in [0.5, 0.6) is 0 Å². The van der Waals surface area contributed by atoms with Crippen molar-refractivity contribution >= 4 is 11.8 Å². The summed E-state index contributed by atoms with van der Waals surface area (Å²) in [4.78, 5) is 32.9. The SMILES string of the molecule is N#Cc1ccc(C(=O)N2CCN3[C@H](C2)C(=O)N(Cc2ccccc2)C32CCOCC2)cc1. The highest BCUT2D eigenvalue weighted by atomic mass is 16.5. The molecule has 3 fully saturated rings. The molecule has 1 atom stereocenters. The smallest absolute Gasteiger partial charge is 0.253 e. The summed E-state index contributed by atoms with van der Waals surface area (Å²) in [5.74, 6) is -0.00226. The van der Waals surface area contributed by atoms with Gasteiger partial charge in [-0.1, -0.05) is 30.3 Å². The van der Waals surface area contributed by atoms with E-state index in [0.29, 0.717) is 50.5 Å². The molecule has 7 heteroatoms. The first kappa shape index (κ1) is 20.7. The molecule has 2 amide bonds. The fourth-order valence-electron chi connectivity index (χ4n) is 5.33. The molecule has 0 bridgehead atoms. The normalized spacial score (nSPS) is 22.6. The van der Waals surface area contributed by atoms with Crippen molar-refractivity contribution in [1.29, 1.82) is 5.26 Å². The second-order valence-corrected chi connectivity index (χ2v) is 8.65. The van der Waals surface area contributed by atoms with Crippen molar-refractivity contribution in [1.82, 2.24) is 14.7 Å². The number of rotatable bonds is 3. The monoisotopic (exact) mass is 430 g/mol. The summed E-state index contributed by atoms with van der Waals surface area (Å²) in [5, 5.41) is 9.00. The van der Waals surface area contributed by atoms with Crippen LogP contribution < -0.4 is 0 Å². The van der Waals surface area contributed by atoms with Gasteiger partial charge in [0.25, 0.3) is 5.91 Å². The van der Waals surface area contributed by atoms with Gasteiger partial charge in [0.15, 0.2) is 0 Å². The zero-order valence-electron chi connectivity index (χ0n) is 17.9. The molecule has 3 heterocycles. The molecule has 0 N–H and O–H groups in total. The van der Waals surface area contributed by atoms with Crippen LogP contribution in [0.25, 0.3) is 0 Å². The van der Waals surface area contributed by atoms with Crippen molar-refractivity contribution < 1.29 is 14.3 Å². The van der Waals surface area contributed by atoms with Gasteiger partial charge in [-0.25, -0.2) is 0 Å². The number of nitrogens with zero attached hydrogens (tertiary/aromatic N) is 4. The van der Waals surface area contributed by atoms with Crippen LogP contribution in [-0.2, 0) is 16.1 Å². The summed E-state index contributed by atoms with van der Waals surface area (Å²) >= 11 is 0. The fraction of sp³-hybridized carbons (Fsp3) is 0.400.